The summed E-state index contributed by atoms with van der Waals surface area (Å²) < 4.78 is 45.2. The summed E-state index contributed by atoms with van der Waals surface area (Å²) in [6.07, 6.45) is -2.79. The number of nitrogens with zero attached hydrogens (tertiary/aromatic N) is 3. The van der Waals surface area contributed by atoms with Crippen molar-refractivity contribution in [3.05, 3.63) is 47.1 Å². The minimum atomic E-state index is -4.43. The van der Waals surface area contributed by atoms with E-state index in [0.717, 1.165) is 18.9 Å². The van der Waals surface area contributed by atoms with Crippen LogP contribution in [0.1, 0.15) is 54.1 Å². The summed E-state index contributed by atoms with van der Waals surface area (Å²) in [5.41, 5.74) is -0.483. The fraction of sp³-hybridized carbons (Fsp3) is 0.529. The van der Waals surface area contributed by atoms with Crippen molar-refractivity contribution >= 4 is 0 Å². The SMILES string of the molecule is O[C@@H]1C[C@H](c2ccccc2C(F)(F)F)N(Cc2noc(C3CC3)n2)C1. The van der Waals surface area contributed by atoms with E-state index in [9.17, 15) is 18.3 Å². The Morgan fingerprint density at radius 1 is 1.24 bits per heavy atom. The first kappa shape index (κ1) is 16.5. The number of β-amino-alcohol motifs (C(OH)–C–C–N with tert-alkyl or cyclic N) is 1. The van der Waals surface area contributed by atoms with Gasteiger partial charge in [-0.3, -0.25) is 4.90 Å². The van der Waals surface area contributed by atoms with Crippen LogP contribution in [-0.4, -0.2) is 32.8 Å². The van der Waals surface area contributed by atoms with Gasteiger partial charge in [-0.1, -0.05) is 23.4 Å². The maximum absolute atomic E-state index is 13.3. The van der Waals surface area contributed by atoms with Crippen molar-refractivity contribution in [1.29, 1.82) is 0 Å². The van der Waals surface area contributed by atoms with Crippen molar-refractivity contribution in [2.45, 2.75) is 50.0 Å². The first-order valence-corrected chi connectivity index (χ1v) is 8.32. The third-order valence-electron chi connectivity index (χ3n) is 4.76. The highest BCUT2D eigenvalue weighted by Crippen LogP contribution is 2.41. The zero-order chi connectivity index (χ0) is 17.6. The molecule has 0 unspecified atom stereocenters. The smallest absolute Gasteiger partial charge is 0.392 e. The van der Waals surface area contributed by atoms with Gasteiger partial charge in [0.05, 0.1) is 18.2 Å². The molecular formula is C17H18F3N3O2. The summed E-state index contributed by atoms with van der Waals surface area (Å²) in [4.78, 5) is 6.13. The summed E-state index contributed by atoms with van der Waals surface area (Å²) in [7, 11) is 0. The molecule has 1 N–H and O–H groups in total. The van der Waals surface area contributed by atoms with Crippen molar-refractivity contribution in [1.82, 2.24) is 15.0 Å². The average Bonchev–Trinajstić information content (AvgIpc) is 3.20. The highest BCUT2D eigenvalue weighted by molar-refractivity contribution is 5.33. The van der Waals surface area contributed by atoms with Crippen LogP contribution in [0, 0.1) is 0 Å². The van der Waals surface area contributed by atoms with Gasteiger partial charge in [-0.2, -0.15) is 18.2 Å². The molecule has 1 saturated heterocycles. The summed E-state index contributed by atoms with van der Waals surface area (Å²) in [6.45, 7) is 0.536. The molecule has 0 spiro atoms. The number of benzene rings is 1. The maximum Gasteiger partial charge on any atom is 0.416 e. The van der Waals surface area contributed by atoms with E-state index in [1.165, 1.54) is 12.1 Å². The zero-order valence-corrected chi connectivity index (χ0v) is 13.4. The van der Waals surface area contributed by atoms with Crippen LogP contribution < -0.4 is 0 Å². The molecule has 4 rings (SSSR count). The average molecular weight is 353 g/mol. The number of aliphatic hydroxyl groups excluding tert-OH is 1. The van der Waals surface area contributed by atoms with E-state index >= 15 is 0 Å². The van der Waals surface area contributed by atoms with Gasteiger partial charge in [0.2, 0.25) is 5.89 Å². The predicted octanol–water partition coefficient (Wildman–Crippen LogP) is 3.27. The van der Waals surface area contributed by atoms with Gasteiger partial charge in [0, 0.05) is 18.5 Å². The lowest BCUT2D eigenvalue weighted by Crippen LogP contribution is -2.26. The number of hydrogen-bond donors (Lipinski definition) is 1. The Bertz CT molecular complexity index is 758. The van der Waals surface area contributed by atoms with Crippen LogP contribution in [0.4, 0.5) is 13.2 Å². The van der Waals surface area contributed by atoms with Crippen molar-refractivity contribution in [2.24, 2.45) is 0 Å². The molecule has 0 amide bonds. The van der Waals surface area contributed by atoms with E-state index in [0.29, 0.717) is 17.6 Å². The van der Waals surface area contributed by atoms with Crippen LogP contribution in [0.3, 0.4) is 0 Å². The summed E-state index contributed by atoms with van der Waals surface area (Å²) in [5.74, 6) is 1.37. The Kier molecular flexibility index (Phi) is 4.04. The molecule has 2 atom stereocenters. The van der Waals surface area contributed by atoms with Gasteiger partial charge in [-0.25, -0.2) is 0 Å². The number of halogens is 3. The van der Waals surface area contributed by atoms with Crippen LogP contribution in [0.15, 0.2) is 28.8 Å². The molecule has 8 heteroatoms. The minimum absolute atomic E-state index is 0.178. The molecule has 1 aliphatic heterocycles. The second kappa shape index (κ2) is 6.10. The Hall–Kier alpha value is -1.93. The van der Waals surface area contributed by atoms with Crippen molar-refractivity contribution in [3.63, 3.8) is 0 Å². The number of alkyl halides is 3. The Balaban J connectivity index is 1.59. The molecule has 134 valence electrons. The lowest BCUT2D eigenvalue weighted by atomic mass is 9.97. The fourth-order valence-electron chi connectivity index (χ4n) is 3.43. The second-order valence-corrected chi connectivity index (χ2v) is 6.74. The Labute approximate surface area is 142 Å². The maximum atomic E-state index is 13.3. The van der Waals surface area contributed by atoms with Gasteiger partial charge in [-0.05, 0) is 30.9 Å². The van der Waals surface area contributed by atoms with Gasteiger partial charge >= 0.3 is 6.18 Å². The van der Waals surface area contributed by atoms with Crippen LogP contribution in [0.25, 0.3) is 0 Å². The molecule has 1 aliphatic carbocycles. The number of likely N-dealkylation sites (tertiary alicyclic amines) is 1. The van der Waals surface area contributed by atoms with Crippen LogP contribution in [-0.2, 0) is 12.7 Å². The van der Waals surface area contributed by atoms with Crippen LogP contribution in [0.5, 0.6) is 0 Å². The van der Waals surface area contributed by atoms with Crippen molar-refractivity contribution in [3.8, 4) is 0 Å². The molecule has 2 fully saturated rings. The summed E-state index contributed by atoms with van der Waals surface area (Å²) >= 11 is 0. The lowest BCUT2D eigenvalue weighted by molar-refractivity contribution is -0.138. The monoisotopic (exact) mass is 353 g/mol. The van der Waals surface area contributed by atoms with Crippen molar-refractivity contribution in [2.75, 3.05) is 6.54 Å². The van der Waals surface area contributed by atoms with Crippen LogP contribution in [0.2, 0.25) is 0 Å². The molecule has 0 radical (unpaired) electrons. The molecule has 25 heavy (non-hydrogen) atoms. The fourth-order valence-corrected chi connectivity index (χ4v) is 3.43. The van der Waals surface area contributed by atoms with E-state index in [1.54, 1.807) is 11.0 Å². The highest BCUT2D eigenvalue weighted by Gasteiger charge is 2.40. The van der Waals surface area contributed by atoms with E-state index in [4.69, 9.17) is 4.52 Å². The first-order chi connectivity index (χ1) is 11.9. The molecule has 1 aromatic heterocycles. The second-order valence-electron chi connectivity index (χ2n) is 6.74. The normalized spacial score (nSPS) is 24.8. The van der Waals surface area contributed by atoms with Gasteiger partial charge < -0.3 is 9.63 Å². The van der Waals surface area contributed by atoms with E-state index < -0.39 is 23.9 Å². The summed E-state index contributed by atoms with van der Waals surface area (Å²) in [5, 5.41) is 14.0. The topological polar surface area (TPSA) is 62.4 Å². The van der Waals surface area contributed by atoms with Crippen molar-refractivity contribution < 1.29 is 22.8 Å². The summed E-state index contributed by atoms with van der Waals surface area (Å²) in [6, 6.07) is 4.99. The predicted molar refractivity (Wildman–Crippen MR) is 81.5 cm³/mol. The minimum Gasteiger partial charge on any atom is -0.392 e. The molecule has 2 heterocycles. The van der Waals surface area contributed by atoms with Crippen LogP contribution >= 0.6 is 0 Å². The standard InChI is InChI=1S/C17H18F3N3O2/c18-17(19,20)13-4-2-1-3-12(13)14-7-11(24)8-23(14)9-15-21-16(25-22-15)10-5-6-10/h1-4,10-11,14,24H,5-9H2/t11-,14-/m1/s1. The Morgan fingerprint density at radius 2 is 2.00 bits per heavy atom. The molecule has 5 nitrogen and oxygen atoms in total. The Morgan fingerprint density at radius 3 is 2.72 bits per heavy atom. The molecule has 2 aromatic rings. The lowest BCUT2D eigenvalue weighted by Gasteiger charge is -2.25. The molecule has 2 aliphatic rings. The quantitative estimate of drug-likeness (QED) is 0.914. The van der Waals surface area contributed by atoms with Gasteiger partial charge in [0.15, 0.2) is 5.82 Å². The van der Waals surface area contributed by atoms with E-state index in [1.807, 2.05) is 0 Å². The van der Waals surface area contributed by atoms with Gasteiger partial charge in [0.25, 0.3) is 0 Å². The van der Waals surface area contributed by atoms with E-state index in [2.05, 4.69) is 10.1 Å². The van der Waals surface area contributed by atoms with Gasteiger partial charge in [0.1, 0.15) is 0 Å². The number of aliphatic hydroxyl groups is 1. The highest BCUT2D eigenvalue weighted by atomic mass is 19.4. The largest absolute Gasteiger partial charge is 0.416 e. The zero-order valence-electron chi connectivity index (χ0n) is 13.4. The number of rotatable bonds is 4. The van der Waals surface area contributed by atoms with E-state index in [-0.39, 0.29) is 25.1 Å². The molecule has 0 bridgehead atoms. The third kappa shape index (κ3) is 3.41. The molecular weight excluding hydrogens is 335 g/mol. The van der Waals surface area contributed by atoms with Gasteiger partial charge in [-0.15, -0.1) is 0 Å². The third-order valence-corrected chi connectivity index (χ3v) is 4.76. The molecule has 1 aromatic carbocycles. The number of aromatic nitrogens is 2. The first-order valence-electron chi connectivity index (χ1n) is 8.32. The molecule has 1 saturated carbocycles. The number of hydrogen-bond acceptors (Lipinski definition) is 5.